The van der Waals surface area contributed by atoms with E-state index in [0.29, 0.717) is 22.7 Å². The molecule has 0 aliphatic carbocycles. The second kappa shape index (κ2) is 2.74. The second-order valence-corrected chi connectivity index (χ2v) is 3.30. The van der Waals surface area contributed by atoms with Crippen LogP contribution in [0.4, 0.5) is 5.82 Å². The summed E-state index contributed by atoms with van der Waals surface area (Å²) < 4.78 is 0. The predicted molar refractivity (Wildman–Crippen MR) is 53.4 cm³/mol. The Balaban J connectivity index is 2.44. The average molecular weight is 201 g/mol. The van der Waals surface area contributed by atoms with Crippen molar-refractivity contribution in [1.82, 2.24) is 9.97 Å². The van der Waals surface area contributed by atoms with Gasteiger partial charge in [-0.25, -0.2) is 9.97 Å². The van der Waals surface area contributed by atoms with Gasteiger partial charge in [0.25, 0.3) is 5.91 Å². The number of nitrogens with one attached hydrogen (secondary N) is 1. The summed E-state index contributed by atoms with van der Waals surface area (Å²) in [5.74, 6) is 0.640. The van der Waals surface area contributed by atoms with Gasteiger partial charge in [0.1, 0.15) is 12.4 Å². The summed E-state index contributed by atoms with van der Waals surface area (Å²) in [4.78, 5) is 19.7. The SMILES string of the molecule is O=C1Nc2nc(CO)nc3cccc1c23. The number of carbonyl (C=O) groups excluding carboxylic acids is 1. The number of aliphatic hydroxyl groups is 1. The van der Waals surface area contributed by atoms with Crippen molar-refractivity contribution >= 4 is 22.6 Å². The fraction of sp³-hybridized carbons (Fsp3) is 0.100. The summed E-state index contributed by atoms with van der Waals surface area (Å²) in [7, 11) is 0. The molecule has 2 heterocycles. The van der Waals surface area contributed by atoms with E-state index in [0.717, 1.165) is 5.39 Å². The number of amides is 1. The van der Waals surface area contributed by atoms with Crippen LogP contribution in [0.3, 0.4) is 0 Å². The molecule has 0 radical (unpaired) electrons. The van der Waals surface area contributed by atoms with Gasteiger partial charge in [-0.15, -0.1) is 0 Å². The fourth-order valence-electron chi connectivity index (χ4n) is 1.76. The molecule has 0 saturated heterocycles. The van der Waals surface area contributed by atoms with E-state index in [1.165, 1.54) is 0 Å². The molecule has 1 aromatic heterocycles. The Bertz CT molecular complexity index is 580. The first-order valence-corrected chi connectivity index (χ1v) is 4.51. The van der Waals surface area contributed by atoms with Crippen LogP contribution in [-0.4, -0.2) is 21.0 Å². The van der Waals surface area contributed by atoms with Crippen LogP contribution in [0.15, 0.2) is 18.2 Å². The molecule has 5 nitrogen and oxygen atoms in total. The third kappa shape index (κ3) is 1.04. The van der Waals surface area contributed by atoms with Crippen LogP contribution in [-0.2, 0) is 6.61 Å². The summed E-state index contributed by atoms with van der Waals surface area (Å²) in [6.07, 6.45) is 0. The van der Waals surface area contributed by atoms with Crippen molar-refractivity contribution in [2.24, 2.45) is 0 Å². The van der Waals surface area contributed by atoms with Crippen molar-refractivity contribution in [3.8, 4) is 0 Å². The van der Waals surface area contributed by atoms with Gasteiger partial charge in [-0.3, -0.25) is 4.79 Å². The summed E-state index contributed by atoms with van der Waals surface area (Å²) >= 11 is 0. The van der Waals surface area contributed by atoms with Crippen LogP contribution >= 0.6 is 0 Å². The number of nitrogens with zero attached hydrogens (tertiary/aromatic N) is 2. The normalized spacial score (nSPS) is 13.3. The Kier molecular flexibility index (Phi) is 1.52. The lowest BCUT2D eigenvalue weighted by Gasteiger charge is -2.00. The molecule has 0 atom stereocenters. The fourth-order valence-corrected chi connectivity index (χ4v) is 1.76. The topological polar surface area (TPSA) is 75.1 Å². The Morgan fingerprint density at radius 3 is 3.00 bits per heavy atom. The van der Waals surface area contributed by atoms with E-state index in [1.54, 1.807) is 18.2 Å². The van der Waals surface area contributed by atoms with E-state index in [-0.39, 0.29) is 12.5 Å². The zero-order chi connectivity index (χ0) is 10.4. The van der Waals surface area contributed by atoms with Crippen molar-refractivity contribution in [1.29, 1.82) is 0 Å². The summed E-state index contributed by atoms with van der Waals surface area (Å²) in [5, 5.41) is 12.3. The molecule has 74 valence electrons. The molecule has 1 aromatic carbocycles. The minimum absolute atomic E-state index is 0.167. The molecule has 2 aromatic rings. The molecule has 0 spiro atoms. The van der Waals surface area contributed by atoms with Gasteiger partial charge in [0.2, 0.25) is 0 Å². The molecule has 5 heteroatoms. The Hall–Kier alpha value is -2.01. The van der Waals surface area contributed by atoms with Gasteiger partial charge in [-0.05, 0) is 12.1 Å². The highest BCUT2D eigenvalue weighted by molar-refractivity contribution is 6.22. The molecular weight excluding hydrogens is 194 g/mol. The predicted octanol–water partition coefficient (Wildman–Crippen LogP) is 0.688. The molecule has 1 aliphatic heterocycles. The Labute approximate surface area is 84.8 Å². The van der Waals surface area contributed by atoms with Crippen LogP contribution in [0.5, 0.6) is 0 Å². The highest BCUT2D eigenvalue weighted by Gasteiger charge is 2.23. The first-order chi connectivity index (χ1) is 7.29. The summed E-state index contributed by atoms with van der Waals surface area (Å²) in [6, 6.07) is 5.29. The first kappa shape index (κ1) is 8.31. The van der Waals surface area contributed by atoms with E-state index in [4.69, 9.17) is 5.11 Å². The second-order valence-electron chi connectivity index (χ2n) is 3.30. The van der Waals surface area contributed by atoms with Gasteiger partial charge in [-0.1, -0.05) is 6.07 Å². The summed E-state index contributed by atoms with van der Waals surface area (Å²) in [5.41, 5.74) is 1.27. The molecule has 3 rings (SSSR count). The van der Waals surface area contributed by atoms with Gasteiger partial charge in [0.05, 0.1) is 16.5 Å². The molecule has 1 amide bonds. The number of carbonyl (C=O) groups is 1. The van der Waals surface area contributed by atoms with E-state index < -0.39 is 0 Å². The van der Waals surface area contributed by atoms with Crippen LogP contribution in [0.2, 0.25) is 0 Å². The minimum Gasteiger partial charge on any atom is -0.388 e. The lowest BCUT2D eigenvalue weighted by molar-refractivity contribution is 0.103. The number of benzene rings is 1. The monoisotopic (exact) mass is 201 g/mol. The van der Waals surface area contributed by atoms with Crippen LogP contribution in [0, 0.1) is 0 Å². The summed E-state index contributed by atoms with van der Waals surface area (Å²) in [6.45, 7) is -0.233. The molecule has 0 unspecified atom stereocenters. The number of aliphatic hydroxyl groups excluding tert-OH is 1. The molecule has 0 saturated carbocycles. The first-order valence-electron chi connectivity index (χ1n) is 4.51. The molecular formula is C10H7N3O2. The number of hydrogen-bond donors (Lipinski definition) is 2. The average Bonchev–Trinajstić information content (AvgIpc) is 2.58. The van der Waals surface area contributed by atoms with Gasteiger partial charge >= 0.3 is 0 Å². The molecule has 15 heavy (non-hydrogen) atoms. The highest BCUT2D eigenvalue weighted by Crippen LogP contribution is 2.30. The van der Waals surface area contributed by atoms with Crippen LogP contribution in [0.1, 0.15) is 16.2 Å². The Morgan fingerprint density at radius 1 is 1.33 bits per heavy atom. The third-order valence-corrected chi connectivity index (χ3v) is 2.39. The van der Waals surface area contributed by atoms with Crippen molar-refractivity contribution in [2.75, 3.05) is 5.32 Å². The van der Waals surface area contributed by atoms with E-state index in [9.17, 15) is 4.79 Å². The Morgan fingerprint density at radius 2 is 2.20 bits per heavy atom. The third-order valence-electron chi connectivity index (χ3n) is 2.39. The number of aromatic nitrogens is 2. The van der Waals surface area contributed by atoms with Crippen molar-refractivity contribution in [3.63, 3.8) is 0 Å². The zero-order valence-electron chi connectivity index (χ0n) is 7.69. The van der Waals surface area contributed by atoms with Crippen LogP contribution < -0.4 is 5.32 Å². The molecule has 1 aliphatic rings. The minimum atomic E-state index is -0.233. The maximum Gasteiger partial charge on any atom is 0.257 e. The van der Waals surface area contributed by atoms with Gasteiger partial charge in [0, 0.05) is 0 Å². The van der Waals surface area contributed by atoms with Crippen molar-refractivity contribution < 1.29 is 9.90 Å². The number of anilines is 1. The largest absolute Gasteiger partial charge is 0.388 e. The zero-order valence-corrected chi connectivity index (χ0v) is 7.69. The maximum atomic E-state index is 11.5. The molecule has 0 fully saturated rings. The quantitative estimate of drug-likeness (QED) is 0.711. The van der Waals surface area contributed by atoms with Gasteiger partial charge in [-0.2, -0.15) is 0 Å². The number of rotatable bonds is 1. The van der Waals surface area contributed by atoms with E-state index >= 15 is 0 Å². The number of hydrogen-bond acceptors (Lipinski definition) is 4. The lowest BCUT2D eigenvalue weighted by atomic mass is 10.1. The van der Waals surface area contributed by atoms with Crippen molar-refractivity contribution in [2.45, 2.75) is 6.61 Å². The molecule has 0 bridgehead atoms. The highest BCUT2D eigenvalue weighted by atomic mass is 16.3. The van der Waals surface area contributed by atoms with Crippen LogP contribution in [0.25, 0.3) is 10.9 Å². The van der Waals surface area contributed by atoms with Gasteiger partial charge < -0.3 is 10.4 Å². The van der Waals surface area contributed by atoms with E-state index in [1.807, 2.05) is 0 Å². The van der Waals surface area contributed by atoms with Crippen molar-refractivity contribution in [3.05, 3.63) is 29.6 Å². The molecule has 2 N–H and O–H groups in total. The van der Waals surface area contributed by atoms with E-state index in [2.05, 4.69) is 15.3 Å². The standard InChI is InChI=1S/C10H7N3O2/c14-4-7-11-6-3-1-2-5-8(6)9(12-7)13-10(5)15/h1-3,14H,4H2,(H,11,12,13,15). The smallest absolute Gasteiger partial charge is 0.257 e. The van der Waals surface area contributed by atoms with Gasteiger partial charge in [0.15, 0.2) is 5.82 Å². The lowest BCUT2D eigenvalue weighted by Crippen LogP contribution is -2.05. The maximum absolute atomic E-state index is 11.5.